The van der Waals surface area contributed by atoms with E-state index in [-0.39, 0.29) is 12.0 Å². The van der Waals surface area contributed by atoms with Crippen LogP contribution in [-0.4, -0.2) is 46.4 Å². The molecular formula is C23H29N3O2. The Morgan fingerprint density at radius 3 is 2.93 bits per heavy atom. The van der Waals surface area contributed by atoms with Gasteiger partial charge < -0.3 is 9.64 Å². The Kier molecular flexibility index (Phi) is 5.62. The number of hydrogen-bond acceptors (Lipinski definition) is 4. The number of amides is 1. The van der Waals surface area contributed by atoms with Gasteiger partial charge in [-0.05, 0) is 49.6 Å². The molecule has 2 aliphatic heterocycles. The van der Waals surface area contributed by atoms with Crippen LogP contribution in [0.25, 0.3) is 0 Å². The Morgan fingerprint density at radius 1 is 1.25 bits per heavy atom. The number of benzene rings is 1. The zero-order valence-electron chi connectivity index (χ0n) is 16.8. The highest BCUT2D eigenvalue weighted by atomic mass is 16.5. The topological polar surface area (TPSA) is 45.7 Å². The third kappa shape index (κ3) is 4.20. The second kappa shape index (κ2) is 8.31. The molecule has 5 heteroatoms. The summed E-state index contributed by atoms with van der Waals surface area (Å²) >= 11 is 0. The van der Waals surface area contributed by atoms with Crippen molar-refractivity contribution >= 4 is 5.91 Å². The number of para-hydroxylation sites is 1. The largest absolute Gasteiger partial charge is 0.488 e. The maximum absolute atomic E-state index is 12.2. The molecule has 148 valence electrons. The van der Waals surface area contributed by atoms with Gasteiger partial charge >= 0.3 is 0 Å². The summed E-state index contributed by atoms with van der Waals surface area (Å²) in [7, 11) is 0. The second-order valence-electron chi connectivity index (χ2n) is 8.10. The first-order valence-electron chi connectivity index (χ1n) is 10.2. The van der Waals surface area contributed by atoms with Crippen molar-refractivity contribution in [2.45, 2.75) is 45.9 Å². The lowest BCUT2D eigenvalue weighted by molar-refractivity contribution is -0.130. The maximum Gasteiger partial charge on any atom is 0.219 e. The minimum absolute atomic E-state index is 0.0360. The summed E-state index contributed by atoms with van der Waals surface area (Å²) in [5.74, 6) is 1.47. The van der Waals surface area contributed by atoms with Crippen molar-refractivity contribution in [1.29, 1.82) is 0 Å². The number of likely N-dealkylation sites (tertiary alicyclic amines) is 1. The summed E-state index contributed by atoms with van der Waals surface area (Å²) in [6.07, 6.45) is 6.15. The number of aryl methyl sites for hydroxylation is 1. The van der Waals surface area contributed by atoms with Crippen LogP contribution in [-0.2, 0) is 17.9 Å². The van der Waals surface area contributed by atoms with Crippen LogP contribution in [0.1, 0.15) is 36.5 Å². The number of rotatable bonds is 3. The lowest BCUT2D eigenvalue weighted by Gasteiger charge is -2.37. The molecule has 2 atom stereocenters. The van der Waals surface area contributed by atoms with E-state index in [0.717, 1.165) is 43.8 Å². The average Bonchev–Trinajstić information content (AvgIpc) is 2.90. The molecule has 2 aliphatic rings. The number of fused-ring (bicyclic) bond motifs is 1. The molecule has 1 aromatic carbocycles. The van der Waals surface area contributed by atoms with Crippen LogP contribution in [0.15, 0.2) is 42.7 Å². The van der Waals surface area contributed by atoms with Crippen LogP contribution in [0.3, 0.4) is 0 Å². The lowest BCUT2D eigenvalue weighted by Crippen LogP contribution is -2.46. The van der Waals surface area contributed by atoms with Gasteiger partial charge in [-0.25, -0.2) is 0 Å². The normalized spacial score (nSPS) is 22.9. The highest BCUT2D eigenvalue weighted by Crippen LogP contribution is 2.31. The van der Waals surface area contributed by atoms with Crippen LogP contribution in [0, 0.1) is 12.8 Å². The van der Waals surface area contributed by atoms with E-state index in [1.54, 1.807) is 6.92 Å². The summed E-state index contributed by atoms with van der Waals surface area (Å²) in [5, 5.41) is 0. The molecule has 1 aromatic heterocycles. The predicted octanol–water partition coefficient (Wildman–Crippen LogP) is 3.41. The summed E-state index contributed by atoms with van der Waals surface area (Å²) in [4.78, 5) is 20.8. The van der Waals surface area contributed by atoms with Crippen molar-refractivity contribution in [2.24, 2.45) is 5.92 Å². The molecule has 0 unspecified atom stereocenters. The number of carbonyl (C=O) groups is 1. The number of carbonyl (C=O) groups excluding carboxylic acids is 1. The molecule has 0 N–H and O–H groups in total. The molecular weight excluding hydrogens is 350 g/mol. The molecule has 2 aromatic rings. The molecule has 0 bridgehead atoms. The third-order valence-corrected chi connectivity index (χ3v) is 6.06. The molecule has 0 radical (unpaired) electrons. The lowest BCUT2D eigenvalue weighted by atomic mass is 9.91. The number of ether oxygens (including phenoxy) is 1. The Hall–Kier alpha value is -2.40. The molecule has 1 saturated heterocycles. The van der Waals surface area contributed by atoms with Crippen LogP contribution in [0.2, 0.25) is 0 Å². The van der Waals surface area contributed by atoms with Crippen molar-refractivity contribution < 1.29 is 9.53 Å². The van der Waals surface area contributed by atoms with E-state index in [1.807, 2.05) is 35.5 Å². The molecule has 28 heavy (non-hydrogen) atoms. The maximum atomic E-state index is 12.2. The van der Waals surface area contributed by atoms with Gasteiger partial charge in [0.25, 0.3) is 0 Å². The average molecular weight is 380 g/mol. The molecule has 5 nitrogen and oxygen atoms in total. The highest BCUT2D eigenvalue weighted by Gasteiger charge is 2.33. The van der Waals surface area contributed by atoms with Crippen molar-refractivity contribution in [1.82, 2.24) is 14.8 Å². The Bertz CT molecular complexity index is 838. The van der Waals surface area contributed by atoms with Gasteiger partial charge in [0.1, 0.15) is 11.9 Å². The third-order valence-electron chi connectivity index (χ3n) is 6.06. The van der Waals surface area contributed by atoms with E-state index in [4.69, 9.17) is 4.74 Å². The smallest absolute Gasteiger partial charge is 0.219 e. The summed E-state index contributed by atoms with van der Waals surface area (Å²) in [5.41, 5.74) is 3.68. The van der Waals surface area contributed by atoms with Gasteiger partial charge in [-0.15, -0.1) is 0 Å². The Labute approximate surface area is 167 Å². The minimum atomic E-state index is 0.0360. The zero-order valence-corrected chi connectivity index (χ0v) is 16.8. The summed E-state index contributed by atoms with van der Waals surface area (Å²) in [6.45, 7) is 8.14. The second-order valence-corrected chi connectivity index (χ2v) is 8.10. The molecule has 1 fully saturated rings. The number of hydrogen-bond donors (Lipinski definition) is 0. The minimum Gasteiger partial charge on any atom is -0.488 e. The van der Waals surface area contributed by atoms with E-state index in [2.05, 4.69) is 28.9 Å². The Morgan fingerprint density at radius 2 is 2.11 bits per heavy atom. The first-order chi connectivity index (χ1) is 13.6. The van der Waals surface area contributed by atoms with E-state index in [0.29, 0.717) is 19.0 Å². The van der Waals surface area contributed by atoms with Crippen molar-refractivity contribution in [2.75, 3.05) is 19.6 Å². The number of aromatic nitrogens is 1. The van der Waals surface area contributed by atoms with E-state index in [9.17, 15) is 4.79 Å². The monoisotopic (exact) mass is 379 g/mol. The highest BCUT2D eigenvalue weighted by molar-refractivity contribution is 5.73. The molecule has 1 amide bonds. The van der Waals surface area contributed by atoms with Crippen LogP contribution < -0.4 is 4.74 Å². The van der Waals surface area contributed by atoms with E-state index >= 15 is 0 Å². The van der Waals surface area contributed by atoms with Gasteiger partial charge in [0.05, 0.1) is 6.54 Å². The Balaban J connectivity index is 1.50. The fourth-order valence-corrected chi connectivity index (χ4v) is 4.38. The molecule has 0 saturated carbocycles. The van der Waals surface area contributed by atoms with Crippen molar-refractivity contribution in [3.63, 3.8) is 0 Å². The number of nitrogens with zero attached hydrogens (tertiary/aromatic N) is 3. The molecule has 0 spiro atoms. The standard InChI is InChI=1S/C23H29N3O2/c1-17-12-24-10-9-19(17)13-25-11-5-7-20(14-25)23-16-26(18(2)27)15-21-6-3-4-8-22(21)28-23/h3-4,6,8-10,12,20,23H,5,7,11,13-16H2,1-2H3/t20-,23-/m1/s1. The molecule has 4 rings (SSSR count). The molecule has 0 aliphatic carbocycles. The van der Waals surface area contributed by atoms with Crippen LogP contribution in [0.5, 0.6) is 5.75 Å². The van der Waals surface area contributed by atoms with Crippen LogP contribution in [0.4, 0.5) is 0 Å². The fraction of sp³-hybridized carbons (Fsp3) is 0.478. The van der Waals surface area contributed by atoms with E-state index < -0.39 is 0 Å². The first-order valence-corrected chi connectivity index (χ1v) is 10.2. The van der Waals surface area contributed by atoms with Crippen molar-refractivity contribution in [3.05, 3.63) is 59.4 Å². The van der Waals surface area contributed by atoms with Gasteiger partial charge in [0.2, 0.25) is 5.91 Å². The van der Waals surface area contributed by atoms with Crippen LogP contribution >= 0.6 is 0 Å². The first kappa shape index (κ1) is 18.9. The number of pyridine rings is 1. The van der Waals surface area contributed by atoms with Gasteiger partial charge in [-0.1, -0.05) is 18.2 Å². The SMILES string of the molecule is CC(=O)N1Cc2ccccc2O[C@@H]([C@@H]2CCCN(Cc3ccncc3C)C2)C1. The van der Waals surface area contributed by atoms with Gasteiger partial charge in [-0.2, -0.15) is 0 Å². The van der Waals surface area contributed by atoms with Gasteiger partial charge in [0, 0.05) is 50.4 Å². The van der Waals surface area contributed by atoms with E-state index in [1.165, 1.54) is 11.1 Å². The predicted molar refractivity (Wildman–Crippen MR) is 109 cm³/mol. The van der Waals surface area contributed by atoms with Gasteiger partial charge in [-0.3, -0.25) is 14.7 Å². The molecule has 3 heterocycles. The summed E-state index contributed by atoms with van der Waals surface area (Å²) < 4.78 is 6.47. The fourth-order valence-electron chi connectivity index (χ4n) is 4.38. The number of piperidine rings is 1. The zero-order chi connectivity index (χ0) is 19.5. The summed E-state index contributed by atoms with van der Waals surface area (Å²) in [6, 6.07) is 10.2. The quantitative estimate of drug-likeness (QED) is 0.820. The van der Waals surface area contributed by atoms with Crippen molar-refractivity contribution in [3.8, 4) is 5.75 Å². The van der Waals surface area contributed by atoms with Gasteiger partial charge in [0.15, 0.2) is 0 Å².